The number of benzene rings is 1. The van der Waals surface area contributed by atoms with Gasteiger partial charge in [-0.15, -0.1) is 10.2 Å². The van der Waals surface area contributed by atoms with Gasteiger partial charge in [-0.3, -0.25) is 0 Å². The summed E-state index contributed by atoms with van der Waals surface area (Å²) in [5, 5.41) is 8.68. The van der Waals surface area contributed by atoms with Crippen LogP contribution in [0.15, 0.2) is 33.9 Å². The van der Waals surface area contributed by atoms with Crippen molar-refractivity contribution in [3.8, 4) is 11.5 Å². The standard InChI is InChI=1S/C13H16N2O2S/c1-3-16-8-9-18-13-15-14-12(17-13)11-7-5-4-6-10(11)2/h4-7H,3,8-9H2,1-2H3. The molecule has 1 aromatic heterocycles. The van der Waals surface area contributed by atoms with Crippen LogP contribution in [0.25, 0.3) is 11.5 Å². The van der Waals surface area contributed by atoms with E-state index < -0.39 is 0 Å². The van der Waals surface area contributed by atoms with Gasteiger partial charge in [0.05, 0.1) is 6.61 Å². The lowest BCUT2D eigenvalue weighted by Crippen LogP contribution is -1.95. The predicted octanol–water partition coefficient (Wildman–Crippen LogP) is 3.17. The van der Waals surface area contributed by atoms with Gasteiger partial charge in [0.2, 0.25) is 5.89 Å². The van der Waals surface area contributed by atoms with Gasteiger partial charge >= 0.3 is 0 Å². The molecule has 0 saturated carbocycles. The van der Waals surface area contributed by atoms with Crippen molar-refractivity contribution in [2.45, 2.75) is 19.1 Å². The zero-order valence-corrected chi connectivity index (χ0v) is 11.4. The van der Waals surface area contributed by atoms with E-state index in [4.69, 9.17) is 9.15 Å². The van der Waals surface area contributed by atoms with Crippen molar-refractivity contribution in [1.29, 1.82) is 0 Å². The molecule has 4 nitrogen and oxygen atoms in total. The molecule has 0 aliphatic carbocycles. The molecule has 0 radical (unpaired) electrons. The average Bonchev–Trinajstić information content (AvgIpc) is 2.84. The maximum Gasteiger partial charge on any atom is 0.276 e. The third-order valence-electron chi connectivity index (χ3n) is 2.44. The maximum atomic E-state index is 5.62. The van der Waals surface area contributed by atoms with Gasteiger partial charge < -0.3 is 9.15 Å². The summed E-state index contributed by atoms with van der Waals surface area (Å²) in [4.78, 5) is 0. The molecule has 0 atom stereocenters. The summed E-state index contributed by atoms with van der Waals surface area (Å²) < 4.78 is 10.9. The van der Waals surface area contributed by atoms with Gasteiger partial charge in [-0.25, -0.2) is 0 Å². The molecule has 5 heteroatoms. The minimum atomic E-state index is 0.576. The van der Waals surface area contributed by atoms with Gasteiger partial charge in [-0.2, -0.15) is 0 Å². The molecule has 0 N–H and O–H groups in total. The molecule has 18 heavy (non-hydrogen) atoms. The Hall–Kier alpha value is -1.33. The molecule has 0 bridgehead atoms. The second-order valence-electron chi connectivity index (χ2n) is 3.73. The summed E-state index contributed by atoms with van der Waals surface area (Å²) in [6.45, 7) is 5.44. The Bertz CT molecular complexity index is 499. The smallest absolute Gasteiger partial charge is 0.276 e. The first kappa shape index (κ1) is 13.1. The second-order valence-corrected chi connectivity index (χ2v) is 4.78. The summed E-state index contributed by atoms with van der Waals surface area (Å²) in [6, 6.07) is 7.97. The van der Waals surface area contributed by atoms with E-state index in [1.54, 1.807) is 0 Å². The third-order valence-corrected chi connectivity index (χ3v) is 3.22. The van der Waals surface area contributed by atoms with Crippen LogP contribution in [0.1, 0.15) is 12.5 Å². The fourth-order valence-corrected chi connectivity index (χ4v) is 2.13. The Morgan fingerprint density at radius 1 is 1.28 bits per heavy atom. The van der Waals surface area contributed by atoms with Crippen LogP contribution >= 0.6 is 11.8 Å². The van der Waals surface area contributed by atoms with Crippen LogP contribution < -0.4 is 0 Å². The van der Waals surface area contributed by atoms with Crippen molar-refractivity contribution in [3.05, 3.63) is 29.8 Å². The van der Waals surface area contributed by atoms with Crippen LogP contribution in [-0.2, 0) is 4.74 Å². The van der Waals surface area contributed by atoms with Crippen molar-refractivity contribution in [2.24, 2.45) is 0 Å². The Balaban J connectivity index is 2.00. The summed E-state index contributed by atoms with van der Waals surface area (Å²) >= 11 is 1.52. The quantitative estimate of drug-likeness (QED) is 0.592. The highest BCUT2D eigenvalue weighted by Crippen LogP contribution is 2.25. The first-order valence-corrected chi connectivity index (χ1v) is 6.90. The van der Waals surface area contributed by atoms with Gasteiger partial charge in [0.1, 0.15) is 0 Å². The van der Waals surface area contributed by atoms with Crippen LogP contribution in [0, 0.1) is 6.92 Å². The molecule has 0 unspecified atom stereocenters. The Morgan fingerprint density at radius 3 is 2.89 bits per heavy atom. The number of hydrogen-bond donors (Lipinski definition) is 0. The van der Waals surface area contributed by atoms with Crippen LogP contribution in [-0.4, -0.2) is 29.2 Å². The molecule has 0 fully saturated rings. The van der Waals surface area contributed by atoms with Crippen molar-refractivity contribution in [1.82, 2.24) is 10.2 Å². The van der Waals surface area contributed by atoms with E-state index in [9.17, 15) is 0 Å². The zero-order valence-electron chi connectivity index (χ0n) is 10.5. The molecular weight excluding hydrogens is 248 g/mol. The number of aromatic nitrogens is 2. The maximum absolute atomic E-state index is 5.62. The fraction of sp³-hybridized carbons (Fsp3) is 0.385. The Labute approximate surface area is 111 Å². The summed E-state index contributed by atoms with van der Waals surface area (Å²) in [6.07, 6.45) is 0. The molecule has 0 aliphatic rings. The first-order chi connectivity index (χ1) is 8.81. The highest BCUT2D eigenvalue weighted by Gasteiger charge is 2.10. The molecule has 0 spiro atoms. The van der Waals surface area contributed by atoms with Crippen molar-refractivity contribution >= 4 is 11.8 Å². The molecule has 1 aromatic carbocycles. The number of nitrogens with zero attached hydrogens (tertiary/aromatic N) is 2. The summed E-state index contributed by atoms with van der Waals surface area (Å²) in [7, 11) is 0. The third kappa shape index (κ3) is 3.34. The van der Waals surface area contributed by atoms with Gasteiger partial charge in [-0.05, 0) is 25.5 Å². The highest BCUT2D eigenvalue weighted by molar-refractivity contribution is 7.99. The van der Waals surface area contributed by atoms with Gasteiger partial charge in [0, 0.05) is 17.9 Å². The van der Waals surface area contributed by atoms with Crippen molar-refractivity contribution in [3.63, 3.8) is 0 Å². The molecule has 0 aliphatic heterocycles. The molecule has 2 rings (SSSR count). The number of aryl methyl sites for hydroxylation is 1. The molecule has 96 valence electrons. The van der Waals surface area contributed by atoms with Gasteiger partial charge in [0.25, 0.3) is 5.22 Å². The van der Waals surface area contributed by atoms with Crippen LogP contribution in [0.2, 0.25) is 0 Å². The second kappa shape index (κ2) is 6.56. The number of hydrogen-bond acceptors (Lipinski definition) is 5. The molecule has 2 aromatic rings. The Kier molecular flexibility index (Phi) is 4.78. The summed E-state index contributed by atoms with van der Waals surface area (Å²) in [5.41, 5.74) is 2.12. The van der Waals surface area contributed by atoms with E-state index in [0.29, 0.717) is 17.7 Å². The first-order valence-electron chi connectivity index (χ1n) is 5.91. The number of thioether (sulfide) groups is 1. The average molecular weight is 264 g/mol. The SMILES string of the molecule is CCOCCSc1nnc(-c2ccccc2C)o1. The fourth-order valence-electron chi connectivity index (χ4n) is 1.52. The van der Waals surface area contributed by atoms with Crippen LogP contribution in [0.5, 0.6) is 0 Å². The van der Waals surface area contributed by atoms with E-state index in [1.165, 1.54) is 11.8 Å². The lowest BCUT2D eigenvalue weighted by Gasteiger charge is -1.99. The summed E-state index contributed by atoms with van der Waals surface area (Å²) in [5.74, 6) is 1.40. The minimum Gasteiger partial charge on any atom is -0.411 e. The monoisotopic (exact) mass is 264 g/mol. The highest BCUT2D eigenvalue weighted by atomic mass is 32.2. The van der Waals surface area contributed by atoms with E-state index in [0.717, 1.165) is 23.5 Å². The van der Waals surface area contributed by atoms with E-state index in [1.807, 2.05) is 38.1 Å². The molecule has 0 amide bonds. The van der Waals surface area contributed by atoms with Crippen LogP contribution in [0.3, 0.4) is 0 Å². The van der Waals surface area contributed by atoms with E-state index >= 15 is 0 Å². The van der Waals surface area contributed by atoms with Crippen molar-refractivity contribution in [2.75, 3.05) is 19.0 Å². The number of rotatable bonds is 6. The molecule has 1 heterocycles. The van der Waals surface area contributed by atoms with E-state index in [-0.39, 0.29) is 0 Å². The Morgan fingerprint density at radius 2 is 2.11 bits per heavy atom. The van der Waals surface area contributed by atoms with Gasteiger partial charge in [-0.1, -0.05) is 30.0 Å². The van der Waals surface area contributed by atoms with E-state index in [2.05, 4.69) is 10.2 Å². The topological polar surface area (TPSA) is 48.2 Å². The lowest BCUT2D eigenvalue weighted by atomic mass is 10.1. The van der Waals surface area contributed by atoms with Crippen molar-refractivity contribution < 1.29 is 9.15 Å². The zero-order chi connectivity index (χ0) is 12.8. The normalized spacial score (nSPS) is 10.8. The minimum absolute atomic E-state index is 0.576. The predicted molar refractivity (Wildman–Crippen MR) is 71.7 cm³/mol. The largest absolute Gasteiger partial charge is 0.411 e. The van der Waals surface area contributed by atoms with Crippen LogP contribution in [0.4, 0.5) is 0 Å². The molecular formula is C13H16N2O2S. The lowest BCUT2D eigenvalue weighted by molar-refractivity contribution is 0.164. The molecule has 0 saturated heterocycles. The number of ether oxygens (including phenoxy) is 1. The van der Waals surface area contributed by atoms with Gasteiger partial charge in [0.15, 0.2) is 0 Å².